The molecule has 1 aromatic rings. The van der Waals surface area contributed by atoms with Gasteiger partial charge in [0, 0.05) is 44.5 Å². The molecule has 2 N–H and O–H groups in total. The maximum Gasteiger partial charge on any atom is 0.526 e. The molecule has 2 heterocycles. The van der Waals surface area contributed by atoms with Crippen LogP contribution in [0.25, 0.3) is 0 Å². The van der Waals surface area contributed by atoms with Crippen LogP contribution in [0.5, 0.6) is 5.75 Å². The highest BCUT2D eigenvalue weighted by Crippen LogP contribution is 2.36. The largest absolute Gasteiger partial charge is 0.535 e. The van der Waals surface area contributed by atoms with Crippen molar-refractivity contribution >= 4 is 24.6 Å². The number of carbonyl (C=O) groups excluding carboxylic acids is 3. The molecule has 1 atom stereocenters. The number of Topliss-reactive ketones (excluding diaryl/α,β-unsaturated/α-hetero) is 2. The Bertz CT molecular complexity index is 831. The number of hydrogen-bond donors (Lipinski definition) is 2. The van der Waals surface area contributed by atoms with Crippen LogP contribution in [0.15, 0.2) is 18.2 Å². The molecule has 2 aliphatic heterocycles. The lowest BCUT2D eigenvalue weighted by Crippen LogP contribution is -2.53. The summed E-state index contributed by atoms with van der Waals surface area (Å²) in [4.78, 5) is 40.6. The zero-order valence-electron chi connectivity index (χ0n) is 18.6. The molecule has 168 valence electrons. The van der Waals surface area contributed by atoms with Crippen molar-refractivity contribution < 1.29 is 24.1 Å². The summed E-state index contributed by atoms with van der Waals surface area (Å²) >= 11 is 0. The van der Waals surface area contributed by atoms with Crippen LogP contribution in [0.1, 0.15) is 43.1 Å². The van der Waals surface area contributed by atoms with E-state index in [2.05, 4.69) is 24.1 Å². The van der Waals surface area contributed by atoms with Crippen molar-refractivity contribution in [3.8, 4) is 5.75 Å². The van der Waals surface area contributed by atoms with Crippen LogP contribution < -0.4 is 9.97 Å². The number of nitrogens with one attached hydrogen (secondary N) is 1. The maximum absolute atomic E-state index is 12.6. The number of piperazine rings is 1. The molecule has 1 aromatic carbocycles. The maximum atomic E-state index is 12.6. The number of rotatable bonds is 9. The van der Waals surface area contributed by atoms with Gasteiger partial charge in [-0.3, -0.25) is 19.3 Å². The molecule has 1 amide bonds. The molecule has 1 fully saturated rings. The third-order valence-electron chi connectivity index (χ3n) is 5.84. The van der Waals surface area contributed by atoms with Gasteiger partial charge in [-0.05, 0) is 25.0 Å². The second-order valence-electron chi connectivity index (χ2n) is 8.77. The van der Waals surface area contributed by atoms with Gasteiger partial charge in [0.05, 0.1) is 18.7 Å². The Morgan fingerprint density at radius 2 is 2.10 bits per heavy atom. The van der Waals surface area contributed by atoms with Crippen molar-refractivity contribution in [3.05, 3.63) is 29.3 Å². The van der Waals surface area contributed by atoms with Gasteiger partial charge in [0.15, 0.2) is 11.6 Å². The normalized spacial score (nSPS) is 19.4. The molecule has 0 unspecified atom stereocenters. The molecule has 0 radical (unpaired) electrons. The second kappa shape index (κ2) is 10.4. The first-order chi connectivity index (χ1) is 14.7. The van der Waals surface area contributed by atoms with E-state index in [9.17, 15) is 19.4 Å². The van der Waals surface area contributed by atoms with Gasteiger partial charge < -0.3 is 19.9 Å². The van der Waals surface area contributed by atoms with Gasteiger partial charge in [-0.2, -0.15) is 0 Å². The van der Waals surface area contributed by atoms with Gasteiger partial charge in [0.2, 0.25) is 5.91 Å². The fourth-order valence-corrected chi connectivity index (χ4v) is 4.13. The molecule has 0 bridgehead atoms. The van der Waals surface area contributed by atoms with Crippen LogP contribution >= 0.6 is 0 Å². The second-order valence-corrected chi connectivity index (χ2v) is 8.77. The standard InChI is InChI=1S/C22H32BN3O5/c1-15(2)24-7-8-25-9-10-26(21(29)14-25)13-19(28)12-18-11-17-5-4-6-20(16(3)27)22(17)31-23(18)30/h4-6,15,18,24,30H,7-14H2,1-3H3/t18-/m1/s1. The lowest BCUT2D eigenvalue weighted by molar-refractivity contribution is -0.139. The Labute approximate surface area is 184 Å². The van der Waals surface area contributed by atoms with E-state index in [1.54, 1.807) is 17.0 Å². The summed E-state index contributed by atoms with van der Waals surface area (Å²) in [5, 5.41) is 13.7. The fraction of sp³-hybridized carbons (Fsp3) is 0.591. The van der Waals surface area contributed by atoms with Crippen LogP contribution in [-0.4, -0.2) is 84.7 Å². The molecular weight excluding hydrogens is 397 g/mol. The van der Waals surface area contributed by atoms with Crippen LogP contribution in [-0.2, 0) is 16.0 Å². The van der Waals surface area contributed by atoms with Crippen LogP contribution in [0, 0.1) is 0 Å². The third kappa shape index (κ3) is 6.15. The van der Waals surface area contributed by atoms with Crippen molar-refractivity contribution in [3.63, 3.8) is 0 Å². The van der Waals surface area contributed by atoms with Crippen LogP contribution in [0.3, 0.4) is 0 Å². The molecule has 0 aromatic heterocycles. The first kappa shape index (κ1) is 23.4. The minimum absolute atomic E-state index is 0.0407. The first-order valence-electron chi connectivity index (χ1n) is 11.0. The van der Waals surface area contributed by atoms with Crippen molar-refractivity contribution in [2.24, 2.45) is 0 Å². The number of para-hydroxylation sites is 1. The quantitative estimate of drug-likeness (QED) is 0.442. The van der Waals surface area contributed by atoms with Crippen molar-refractivity contribution in [1.29, 1.82) is 0 Å². The van der Waals surface area contributed by atoms with Crippen molar-refractivity contribution in [1.82, 2.24) is 15.1 Å². The molecule has 1 saturated heterocycles. The van der Waals surface area contributed by atoms with E-state index in [1.807, 2.05) is 6.07 Å². The van der Waals surface area contributed by atoms with Gasteiger partial charge in [-0.25, -0.2) is 0 Å². The minimum Gasteiger partial charge on any atom is -0.535 e. The highest BCUT2D eigenvalue weighted by molar-refractivity contribution is 6.47. The fourth-order valence-electron chi connectivity index (χ4n) is 4.13. The number of benzene rings is 1. The summed E-state index contributed by atoms with van der Waals surface area (Å²) in [6.07, 6.45) is 0.574. The average molecular weight is 429 g/mol. The van der Waals surface area contributed by atoms with Crippen molar-refractivity contribution in [2.75, 3.05) is 39.3 Å². The molecule has 31 heavy (non-hydrogen) atoms. The van der Waals surface area contributed by atoms with E-state index >= 15 is 0 Å². The molecule has 2 aliphatic rings. The Kier molecular flexibility index (Phi) is 7.86. The summed E-state index contributed by atoms with van der Waals surface area (Å²) in [6, 6.07) is 5.71. The molecule has 9 heteroatoms. The number of nitrogens with zero attached hydrogens (tertiary/aromatic N) is 2. The van der Waals surface area contributed by atoms with Crippen molar-refractivity contribution in [2.45, 2.75) is 45.5 Å². The number of hydrogen-bond acceptors (Lipinski definition) is 7. The summed E-state index contributed by atoms with van der Waals surface area (Å²) in [7, 11) is -1.15. The summed E-state index contributed by atoms with van der Waals surface area (Å²) in [5.41, 5.74) is 1.25. The molecule has 8 nitrogen and oxygen atoms in total. The first-order valence-corrected chi connectivity index (χ1v) is 11.0. The predicted molar refractivity (Wildman–Crippen MR) is 118 cm³/mol. The van der Waals surface area contributed by atoms with Gasteiger partial charge in [0.1, 0.15) is 5.75 Å². The van der Waals surface area contributed by atoms with Crippen LogP contribution in [0.2, 0.25) is 5.82 Å². The van der Waals surface area contributed by atoms with E-state index in [-0.39, 0.29) is 30.4 Å². The lowest BCUT2D eigenvalue weighted by atomic mass is 9.64. The van der Waals surface area contributed by atoms with Gasteiger partial charge >= 0.3 is 7.12 Å². The minimum atomic E-state index is -1.15. The SMILES string of the molecule is CC(=O)c1cccc2c1OB(O)[C@@H](CC(=O)CN1CCN(CCNC(C)C)CC1=O)C2. The number of ketones is 2. The van der Waals surface area contributed by atoms with E-state index < -0.39 is 12.9 Å². The zero-order valence-corrected chi connectivity index (χ0v) is 18.6. The third-order valence-corrected chi connectivity index (χ3v) is 5.84. The Morgan fingerprint density at radius 1 is 1.32 bits per heavy atom. The van der Waals surface area contributed by atoms with Gasteiger partial charge in [-0.15, -0.1) is 0 Å². The molecule has 0 saturated carbocycles. The molecule has 0 spiro atoms. The zero-order chi connectivity index (χ0) is 22.5. The predicted octanol–water partition coefficient (Wildman–Crippen LogP) is 0.776. The number of amides is 1. The monoisotopic (exact) mass is 429 g/mol. The van der Waals surface area contributed by atoms with E-state index in [0.717, 1.165) is 25.2 Å². The summed E-state index contributed by atoms with van der Waals surface area (Å²) in [6.45, 7) is 8.92. The summed E-state index contributed by atoms with van der Waals surface area (Å²) < 4.78 is 5.61. The van der Waals surface area contributed by atoms with Crippen LogP contribution in [0.4, 0.5) is 0 Å². The summed E-state index contributed by atoms with van der Waals surface area (Å²) in [5.74, 6) is -0.260. The number of carbonyl (C=O) groups is 3. The molecule has 3 rings (SSSR count). The Morgan fingerprint density at radius 3 is 2.77 bits per heavy atom. The highest BCUT2D eigenvalue weighted by atomic mass is 16.5. The van der Waals surface area contributed by atoms with Gasteiger partial charge in [-0.1, -0.05) is 26.0 Å². The average Bonchev–Trinajstić information content (AvgIpc) is 2.69. The Balaban J connectivity index is 1.50. The van der Waals surface area contributed by atoms with E-state index in [4.69, 9.17) is 4.65 Å². The number of fused-ring (bicyclic) bond motifs is 1. The lowest BCUT2D eigenvalue weighted by Gasteiger charge is -2.34. The molecule has 0 aliphatic carbocycles. The highest BCUT2D eigenvalue weighted by Gasteiger charge is 2.38. The molecular formula is C22H32BN3O5. The van der Waals surface area contributed by atoms with E-state index in [0.29, 0.717) is 36.9 Å². The van der Waals surface area contributed by atoms with E-state index in [1.165, 1.54) is 6.92 Å². The topological polar surface area (TPSA) is 99.2 Å². The Hall–Kier alpha value is -2.23. The van der Waals surface area contributed by atoms with Gasteiger partial charge in [0.25, 0.3) is 0 Å². The smallest absolute Gasteiger partial charge is 0.526 e.